The first-order chi connectivity index (χ1) is 15.8. The van der Waals surface area contributed by atoms with Gasteiger partial charge in [-0.25, -0.2) is 8.42 Å². The summed E-state index contributed by atoms with van der Waals surface area (Å²) in [5, 5.41) is 17.2. The number of carbonyl (C=O) groups is 2. The van der Waals surface area contributed by atoms with Crippen LogP contribution in [0.2, 0.25) is 0 Å². The number of amides is 2. The number of nitro benzene ring substituents is 1. The van der Waals surface area contributed by atoms with Crippen LogP contribution >= 0.6 is 11.3 Å². The normalized spacial score (nSPS) is 13.2. The highest BCUT2D eigenvalue weighted by Crippen LogP contribution is 2.35. The highest BCUT2D eigenvalue weighted by Gasteiger charge is 2.30. The number of benzene rings is 2. The van der Waals surface area contributed by atoms with E-state index in [0.29, 0.717) is 25.1 Å². The Balaban J connectivity index is 1.50. The van der Waals surface area contributed by atoms with Gasteiger partial charge in [0.25, 0.3) is 15.7 Å². The maximum Gasteiger partial charge on any atom is 0.314 e. The van der Waals surface area contributed by atoms with Gasteiger partial charge in [0.2, 0.25) is 0 Å². The van der Waals surface area contributed by atoms with Crippen molar-refractivity contribution >= 4 is 55.9 Å². The Kier molecular flexibility index (Phi) is 6.11. The molecular weight excluding hydrogens is 468 g/mol. The SMILES string of the molecule is O=C(Nc1ccc([N+](=O)[O-])cc1)C(=O)Nc1ccc2c(c1)N(S(=O)(=O)c1cccs1)CCC2. The van der Waals surface area contributed by atoms with Crippen molar-refractivity contribution in [3.05, 3.63) is 75.7 Å². The average molecular weight is 487 g/mol. The number of carbonyl (C=O) groups excluding carboxylic acids is 2. The molecule has 4 rings (SSSR count). The minimum absolute atomic E-state index is 0.145. The molecule has 2 aromatic carbocycles. The van der Waals surface area contributed by atoms with Crippen molar-refractivity contribution in [1.29, 1.82) is 0 Å². The van der Waals surface area contributed by atoms with Crippen molar-refractivity contribution in [3.8, 4) is 0 Å². The third-order valence-electron chi connectivity index (χ3n) is 5.00. The summed E-state index contributed by atoms with van der Waals surface area (Å²) in [7, 11) is -3.73. The maximum atomic E-state index is 13.1. The Bertz CT molecular complexity index is 1320. The Labute approximate surface area is 193 Å². The third kappa shape index (κ3) is 4.71. The first-order valence-electron chi connectivity index (χ1n) is 9.81. The van der Waals surface area contributed by atoms with E-state index in [1.54, 1.807) is 29.6 Å². The Morgan fingerprint density at radius 3 is 2.30 bits per heavy atom. The first kappa shape index (κ1) is 22.4. The first-order valence-corrected chi connectivity index (χ1v) is 12.1. The third-order valence-corrected chi connectivity index (χ3v) is 8.19. The lowest BCUT2D eigenvalue weighted by Gasteiger charge is -2.30. The molecule has 0 unspecified atom stereocenters. The van der Waals surface area contributed by atoms with Gasteiger partial charge in [-0.2, -0.15) is 0 Å². The molecule has 0 fully saturated rings. The van der Waals surface area contributed by atoms with Crippen molar-refractivity contribution in [2.75, 3.05) is 21.5 Å². The maximum absolute atomic E-state index is 13.1. The van der Waals surface area contributed by atoms with Gasteiger partial charge in [0.15, 0.2) is 0 Å². The second kappa shape index (κ2) is 9.00. The van der Waals surface area contributed by atoms with E-state index in [9.17, 15) is 28.1 Å². The van der Waals surface area contributed by atoms with Crippen LogP contribution < -0.4 is 14.9 Å². The molecule has 33 heavy (non-hydrogen) atoms. The van der Waals surface area contributed by atoms with E-state index in [0.717, 1.165) is 16.9 Å². The monoisotopic (exact) mass is 486 g/mol. The van der Waals surface area contributed by atoms with Crippen molar-refractivity contribution in [1.82, 2.24) is 0 Å². The standard InChI is InChI=1S/C21H18N4O6S2/c26-20(22-15-7-9-17(10-8-15)25(28)29)21(27)23-16-6-5-14-3-1-11-24(18(14)13-16)33(30,31)19-4-2-12-32-19/h2,4-10,12-13H,1,3,11H2,(H,22,26)(H,23,27). The quantitative estimate of drug-likeness (QED) is 0.322. The number of nitrogens with one attached hydrogen (secondary N) is 2. The number of hydrogen-bond donors (Lipinski definition) is 2. The van der Waals surface area contributed by atoms with Crippen molar-refractivity contribution in [2.45, 2.75) is 17.1 Å². The van der Waals surface area contributed by atoms with Gasteiger partial charge in [0.05, 0.1) is 10.6 Å². The summed E-state index contributed by atoms with van der Waals surface area (Å²) in [6, 6.07) is 13.1. The number of fused-ring (bicyclic) bond motifs is 1. The number of nitrogens with zero attached hydrogens (tertiary/aromatic N) is 2. The molecule has 2 N–H and O–H groups in total. The summed E-state index contributed by atoms with van der Waals surface area (Å²) in [6.07, 6.45) is 1.36. The number of anilines is 3. The lowest BCUT2D eigenvalue weighted by molar-refractivity contribution is -0.384. The molecule has 12 heteroatoms. The van der Waals surface area contributed by atoms with Gasteiger partial charge >= 0.3 is 11.8 Å². The van der Waals surface area contributed by atoms with Crippen LogP contribution in [0, 0.1) is 10.1 Å². The highest BCUT2D eigenvalue weighted by molar-refractivity contribution is 7.94. The Morgan fingerprint density at radius 2 is 1.67 bits per heavy atom. The van der Waals surface area contributed by atoms with Crippen molar-refractivity contribution in [2.24, 2.45) is 0 Å². The van der Waals surface area contributed by atoms with E-state index in [1.165, 1.54) is 34.6 Å². The van der Waals surface area contributed by atoms with Gasteiger partial charge in [-0.15, -0.1) is 11.3 Å². The minimum atomic E-state index is -3.73. The predicted molar refractivity (Wildman–Crippen MR) is 124 cm³/mol. The summed E-state index contributed by atoms with van der Waals surface area (Å²) in [4.78, 5) is 34.7. The van der Waals surface area contributed by atoms with E-state index >= 15 is 0 Å². The molecule has 170 valence electrons. The van der Waals surface area contributed by atoms with Crippen LogP contribution in [0.5, 0.6) is 0 Å². The molecular formula is C21H18N4O6S2. The molecule has 1 aliphatic rings. The second-order valence-electron chi connectivity index (χ2n) is 7.17. The zero-order valence-corrected chi connectivity index (χ0v) is 18.7. The molecule has 0 spiro atoms. The smallest absolute Gasteiger partial charge is 0.314 e. The molecule has 0 bridgehead atoms. The van der Waals surface area contributed by atoms with Crippen LogP contribution in [0.4, 0.5) is 22.7 Å². The van der Waals surface area contributed by atoms with Gasteiger partial charge in [-0.1, -0.05) is 12.1 Å². The number of hydrogen-bond acceptors (Lipinski definition) is 7. The number of thiophene rings is 1. The zero-order chi connectivity index (χ0) is 23.6. The van der Waals surface area contributed by atoms with Gasteiger partial charge in [-0.05, 0) is 54.1 Å². The molecule has 0 saturated carbocycles. The van der Waals surface area contributed by atoms with Crippen LogP contribution in [-0.4, -0.2) is 31.7 Å². The van der Waals surface area contributed by atoms with Crippen LogP contribution in [0.1, 0.15) is 12.0 Å². The summed E-state index contributed by atoms with van der Waals surface area (Å²) in [6.45, 7) is 0.311. The molecule has 0 aliphatic carbocycles. The molecule has 0 radical (unpaired) electrons. The highest BCUT2D eigenvalue weighted by atomic mass is 32.2. The number of rotatable bonds is 5. The van der Waals surface area contributed by atoms with E-state index in [4.69, 9.17) is 0 Å². The van der Waals surface area contributed by atoms with Crippen molar-refractivity contribution < 1.29 is 22.9 Å². The summed E-state index contributed by atoms with van der Waals surface area (Å²) >= 11 is 1.13. The fourth-order valence-corrected chi connectivity index (χ4v) is 6.07. The second-order valence-corrected chi connectivity index (χ2v) is 10.2. The number of aryl methyl sites for hydroxylation is 1. The van der Waals surface area contributed by atoms with E-state index in [-0.39, 0.29) is 21.3 Å². The van der Waals surface area contributed by atoms with E-state index in [1.807, 2.05) is 0 Å². The van der Waals surface area contributed by atoms with Crippen LogP contribution in [0.3, 0.4) is 0 Å². The average Bonchev–Trinajstić information content (AvgIpc) is 3.35. The Morgan fingerprint density at radius 1 is 1.00 bits per heavy atom. The topological polar surface area (TPSA) is 139 Å². The largest absolute Gasteiger partial charge is 0.318 e. The van der Waals surface area contributed by atoms with Gasteiger partial charge < -0.3 is 10.6 Å². The van der Waals surface area contributed by atoms with Crippen LogP contribution in [0.25, 0.3) is 0 Å². The molecule has 0 saturated heterocycles. The Hall–Kier alpha value is -3.77. The number of sulfonamides is 1. The molecule has 0 atom stereocenters. The summed E-state index contributed by atoms with van der Waals surface area (Å²) < 4.78 is 27.7. The predicted octanol–water partition coefficient (Wildman–Crippen LogP) is 3.38. The zero-order valence-electron chi connectivity index (χ0n) is 17.1. The molecule has 1 aliphatic heterocycles. The lowest BCUT2D eigenvalue weighted by Crippen LogP contribution is -2.35. The number of nitro groups is 1. The summed E-state index contributed by atoms with van der Waals surface area (Å²) in [5.74, 6) is -1.93. The fraction of sp³-hybridized carbons (Fsp3) is 0.143. The number of non-ortho nitro benzene ring substituents is 1. The lowest BCUT2D eigenvalue weighted by atomic mass is 10.0. The van der Waals surface area contributed by atoms with Crippen LogP contribution in [0.15, 0.2) is 64.2 Å². The van der Waals surface area contributed by atoms with Gasteiger partial charge in [-0.3, -0.25) is 24.0 Å². The van der Waals surface area contributed by atoms with Crippen molar-refractivity contribution in [3.63, 3.8) is 0 Å². The van der Waals surface area contributed by atoms with Gasteiger partial charge in [0, 0.05) is 30.1 Å². The van der Waals surface area contributed by atoms with Gasteiger partial charge in [0.1, 0.15) is 4.21 Å². The molecule has 3 aromatic rings. The molecule has 2 amide bonds. The molecule has 10 nitrogen and oxygen atoms in total. The molecule has 1 aromatic heterocycles. The summed E-state index contributed by atoms with van der Waals surface area (Å²) in [5.41, 5.74) is 1.64. The van der Waals surface area contributed by atoms with E-state index in [2.05, 4.69) is 10.6 Å². The van der Waals surface area contributed by atoms with Crippen LogP contribution in [-0.2, 0) is 26.0 Å². The molecule has 2 heterocycles. The van der Waals surface area contributed by atoms with E-state index < -0.39 is 26.8 Å². The minimum Gasteiger partial charge on any atom is -0.318 e. The fourth-order valence-electron chi connectivity index (χ4n) is 3.43.